The summed E-state index contributed by atoms with van der Waals surface area (Å²) in [5, 5.41) is 23.3. The van der Waals surface area contributed by atoms with Crippen molar-refractivity contribution in [2.24, 2.45) is 0 Å². The summed E-state index contributed by atoms with van der Waals surface area (Å²) in [6.07, 6.45) is 0. The molecule has 3 aromatic carbocycles. The molecule has 0 radical (unpaired) electrons. The monoisotopic (exact) mass is 455 g/mol. The van der Waals surface area contributed by atoms with Gasteiger partial charge in [-0.25, -0.2) is 9.18 Å². The number of benzene rings is 3. The number of hydrogen-bond acceptors (Lipinski definition) is 4. The average Bonchev–Trinajstić information content (AvgIpc) is 2.81. The van der Waals surface area contributed by atoms with Crippen molar-refractivity contribution in [2.45, 2.75) is 26.4 Å². The lowest BCUT2D eigenvalue weighted by molar-refractivity contribution is 0.0698. The Morgan fingerprint density at radius 1 is 1.12 bits per heavy atom. The molecule has 1 aromatic heterocycles. The molecule has 0 aliphatic carbocycles. The number of para-hydroxylation sites is 1. The van der Waals surface area contributed by atoms with Crippen LogP contribution in [-0.4, -0.2) is 15.6 Å². The van der Waals surface area contributed by atoms with E-state index < -0.39 is 11.8 Å². The van der Waals surface area contributed by atoms with Crippen LogP contribution in [0.25, 0.3) is 22.0 Å². The van der Waals surface area contributed by atoms with Crippen LogP contribution in [0.15, 0.2) is 71.5 Å². The molecule has 7 heteroatoms. The molecule has 0 aliphatic heterocycles. The SMILES string of the molecule is Cc1cc(C(C)Nc2ccccc2C(=O)O)c2cc(-c3ccc(F)cc3)n(CC#N)c(=O)c2c1. The summed E-state index contributed by atoms with van der Waals surface area (Å²) >= 11 is 0. The zero-order chi connectivity index (χ0) is 24.4. The van der Waals surface area contributed by atoms with Gasteiger partial charge in [0.25, 0.3) is 5.56 Å². The van der Waals surface area contributed by atoms with Gasteiger partial charge in [0.1, 0.15) is 12.4 Å². The molecular formula is C27H22FN3O3. The molecule has 170 valence electrons. The van der Waals surface area contributed by atoms with Crippen molar-refractivity contribution in [1.29, 1.82) is 5.26 Å². The number of carbonyl (C=O) groups is 1. The van der Waals surface area contributed by atoms with Crippen molar-refractivity contribution in [1.82, 2.24) is 4.57 Å². The van der Waals surface area contributed by atoms with E-state index >= 15 is 0 Å². The maximum absolute atomic E-state index is 13.5. The van der Waals surface area contributed by atoms with Crippen molar-refractivity contribution in [2.75, 3.05) is 5.32 Å². The Morgan fingerprint density at radius 3 is 2.50 bits per heavy atom. The first kappa shape index (κ1) is 22.7. The normalized spacial score (nSPS) is 11.7. The van der Waals surface area contributed by atoms with E-state index in [1.165, 1.54) is 22.8 Å². The second-order valence-corrected chi connectivity index (χ2v) is 8.12. The van der Waals surface area contributed by atoms with Crippen LogP contribution in [0.1, 0.15) is 34.5 Å². The van der Waals surface area contributed by atoms with E-state index in [4.69, 9.17) is 0 Å². The van der Waals surface area contributed by atoms with Gasteiger partial charge in [0.15, 0.2) is 0 Å². The molecule has 0 amide bonds. The van der Waals surface area contributed by atoms with Crippen molar-refractivity contribution in [3.05, 3.63) is 99.6 Å². The minimum Gasteiger partial charge on any atom is -0.478 e. The van der Waals surface area contributed by atoms with Crippen molar-refractivity contribution >= 4 is 22.4 Å². The molecule has 4 aromatic rings. The zero-order valence-electron chi connectivity index (χ0n) is 18.7. The standard InChI is InChI=1S/C27H22FN3O3/c1-16-13-21(17(2)30-24-6-4-3-5-20(24)27(33)34)22-15-25(18-7-9-19(28)10-8-18)31(12-11-29)26(32)23(22)14-16/h3-10,13-15,17,30H,12H2,1-2H3,(H,33,34). The van der Waals surface area contributed by atoms with Gasteiger partial charge in [-0.05, 0) is 84.5 Å². The number of rotatable bonds is 6. The Labute approximate surface area is 195 Å². The quantitative estimate of drug-likeness (QED) is 0.400. The predicted octanol–water partition coefficient (Wildman–Crippen LogP) is 5.51. The highest BCUT2D eigenvalue weighted by atomic mass is 19.1. The Kier molecular flexibility index (Phi) is 6.15. The predicted molar refractivity (Wildman–Crippen MR) is 129 cm³/mol. The van der Waals surface area contributed by atoms with E-state index in [1.807, 2.05) is 32.0 Å². The second kappa shape index (κ2) is 9.20. The number of carboxylic acid groups (broad SMARTS) is 1. The first-order valence-corrected chi connectivity index (χ1v) is 10.7. The van der Waals surface area contributed by atoms with Gasteiger partial charge in [-0.3, -0.25) is 9.36 Å². The van der Waals surface area contributed by atoms with Crippen LogP contribution in [0.2, 0.25) is 0 Å². The highest BCUT2D eigenvalue weighted by Crippen LogP contribution is 2.31. The number of nitrogens with one attached hydrogen (secondary N) is 1. The summed E-state index contributed by atoms with van der Waals surface area (Å²) in [6.45, 7) is 3.62. The van der Waals surface area contributed by atoms with Gasteiger partial charge in [-0.15, -0.1) is 0 Å². The first-order valence-electron chi connectivity index (χ1n) is 10.7. The number of nitrogens with zero attached hydrogens (tertiary/aromatic N) is 2. The van der Waals surface area contributed by atoms with Gasteiger partial charge in [-0.2, -0.15) is 5.26 Å². The Bertz CT molecular complexity index is 1500. The number of pyridine rings is 1. The second-order valence-electron chi connectivity index (χ2n) is 8.12. The summed E-state index contributed by atoms with van der Waals surface area (Å²) in [7, 11) is 0. The van der Waals surface area contributed by atoms with Crippen molar-refractivity contribution in [3.63, 3.8) is 0 Å². The minimum atomic E-state index is -1.04. The largest absolute Gasteiger partial charge is 0.478 e. The maximum atomic E-state index is 13.5. The molecule has 34 heavy (non-hydrogen) atoms. The van der Waals surface area contributed by atoms with Crippen LogP contribution in [0, 0.1) is 24.1 Å². The van der Waals surface area contributed by atoms with Crippen molar-refractivity contribution < 1.29 is 14.3 Å². The van der Waals surface area contributed by atoms with Crippen LogP contribution >= 0.6 is 0 Å². The fraction of sp³-hybridized carbons (Fsp3) is 0.148. The van der Waals surface area contributed by atoms with E-state index in [1.54, 1.807) is 36.4 Å². The van der Waals surface area contributed by atoms with Crippen LogP contribution in [0.3, 0.4) is 0 Å². The van der Waals surface area contributed by atoms with Gasteiger partial charge in [0.05, 0.1) is 17.3 Å². The third-order valence-corrected chi connectivity index (χ3v) is 5.77. The van der Waals surface area contributed by atoms with Crippen molar-refractivity contribution in [3.8, 4) is 17.3 Å². The summed E-state index contributed by atoms with van der Waals surface area (Å²) in [5.74, 6) is -1.44. The number of halogens is 1. The Balaban J connectivity index is 1.93. The molecule has 0 saturated carbocycles. The molecule has 1 atom stereocenters. The highest BCUT2D eigenvalue weighted by Gasteiger charge is 2.19. The minimum absolute atomic E-state index is 0.148. The topological polar surface area (TPSA) is 95.1 Å². The van der Waals surface area contributed by atoms with E-state index in [9.17, 15) is 24.3 Å². The van der Waals surface area contributed by atoms with E-state index in [0.717, 1.165) is 11.1 Å². The molecule has 1 unspecified atom stereocenters. The maximum Gasteiger partial charge on any atom is 0.337 e. The van der Waals surface area contributed by atoms with E-state index in [0.29, 0.717) is 27.7 Å². The first-order chi connectivity index (χ1) is 16.3. The lowest BCUT2D eigenvalue weighted by atomic mass is 9.95. The van der Waals surface area contributed by atoms with E-state index in [2.05, 4.69) is 5.32 Å². The lowest BCUT2D eigenvalue weighted by Gasteiger charge is -2.21. The van der Waals surface area contributed by atoms with Gasteiger partial charge < -0.3 is 10.4 Å². The fourth-order valence-corrected chi connectivity index (χ4v) is 4.19. The Hall–Kier alpha value is -4.44. The zero-order valence-corrected chi connectivity index (χ0v) is 18.7. The number of aromatic nitrogens is 1. The number of hydrogen-bond donors (Lipinski definition) is 2. The molecule has 0 spiro atoms. The van der Waals surface area contributed by atoms with Crippen LogP contribution in [-0.2, 0) is 6.54 Å². The number of anilines is 1. The fourth-order valence-electron chi connectivity index (χ4n) is 4.19. The number of fused-ring (bicyclic) bond motifs is 1. The molecule has 0 saturated heterocycles. The molecule has 0 aliphatic rings. The van der Waals surface area contributed by atoms with Crippen LogP contribution in [0.4, 0.5) is 10.1 Å². The van der Waals surface area contributed by atoms with E-state index in [-0.39, 0.29) is 23.7 Å². The number of aromatic carboxylic acids is 1. The molecule has 2 N–H and O–H groups in total. The molecular weight excluding hydrogens is 433 g/mol. The van der Waals surface area contributed by atoms with Gasteiger partial charge in [-0.1, -0.05) is 18.2 Å². The molecule has 1 heterocycles. The summed E-state index contributed by atoms with van der Waals surface area (Å²) in [4.78, 5) is 25.1. The summed E-state index contributed by atoms with van der Waals surface area (Å²) in [6, 6.07) is 19.7. The molecule has 0 bridgehead atoms. The molecule has 0 fully saturated rings. The third kappa shape index (κ3) is 4.26. The van der Waals surface area contributed by atoms with Gasteiger partial charge in [0.2, 0.25) is 0 Å². The molecule has 6 nitrogen and oxygen atoms in total. The highest BCUT2D eigenvalue weighted by molar-refractivity contribution is 5.94. The smallest absolute Gasteiger partial charge is 0.337 e. The van der Waals surface area contributed by atoms with Gasteiger partial charge in [0, 0.05) is 17.1 Å². The van der Waals surface area contributed by atoms with Gasteiger partial charge >= 0.3 is 5.97 Å². The number of aryl methyl sites for hydroxylation is 1. The Morgan fingerprint density at radius 2 is 1.82 bits per heavy atom. The number of carboxylic acids is 1. The summed E-state index contributed by atoms with van der Waals surface area (Å²) < 4.78 is 14.9. The third-order valence-electron chi connectivity index (χ3n) is 5.77. The lowest BCUT2D eigenvalue weighted by Crippen LogP contribution is -2.22. The number of nitriles is 1. The van der Waals surface area contributed by atoms with Crippen LogP contribution in [0.5, 0.6) is 0 Å². The summed E-state index contributed by atoms with van der Waals surface area (Å²) in [5.41, 5.74) is 3.07. The molecule has 4 rings (SSSR count). The average molecular weight is 455 g/mol. The van der Waals surface area contributed by atoms with Crippen LogP contribution < -0.4 is 10.9 Å².